The van der Waals surface area contributed by atoms with Crippen LogP contribution in [0.15, 0.2) is 0 Å². The maximum atomic E-state index is 12.5. The third-order valence-electron chi connectivity index (χ3n) is 6.04. The molecule has 0 spiro atoms. The molecule has 122 valence electrons. The molecule has 3 amide bonds. The summed E-state index contributed by atoms with van der Waals surface area (Å²) in [5.74, 6) is 0.139. The Labute approximate surface area is 130 Å². The summed E-state index contributed by atoms with van der Waals surface area (Å²) in [6, 6.07) is -0.748. The third kappa shape index (κ3) is 2.48. The average molecular weight is 307 g/mol. The van der Waals surface area contributed by atoms with Crippen molar-refractivity contribution < 1.29 is 14.4 Å². The smallest absolute Gasteiger partial charge is 0.240 e. The van der Waals surface area contributed by atoms with Crippen LogP contribution in [0.2, 0.25) is 0 Å². The van der Waals surface area contributed by atoms with E-state index in [0.29, 0.717) is 31.2 Å². The molecule has 0 bridgehead atoms. The molecule has 0 aromatic carbocycles. The molecule has 6 nitrogen and oxygen atoms in total. The number of nitrogens with one attached hydrogen (secondary N) is 2. The molecule has 5 atom stereocenters. The predicted octanol–water partition coefficient (Wildman–Crippen LogP) is 0.165. The Balaban J connectivity index is 1.60. The van der Waals surface area contributed by atoms with Gasteiger partial charge in [0.2, 0.25) is 17.7 Å². The van der Waals surface area contributed by atoms with Crippen LogP contribution in [0.4, 0.5) is 0 Å². The lowest BCUT2D eigenvalue weighted by molar-refractivity contribution is -0.131. The van der Waals surface area contributed by atoms with Gasteiger partial charge in [-0.15, -0.1) is 0 Å². The lowest BCUT2D eigenvalue weighted by atomic mass is 9.91. The number of rotatable bonds is 5. The highest BCUT2D eigenvalue weighted by molar-refractivity contribution is 5.89. The summed E-state index contributed by atoms with van der Waals surface area (Å²) in [5, 5.41) is 5.55. The minimum atomic E-state index is -0.748. The zero-order chi connectivity index (χ0) is 16.1. The minimum Gasteiger partial charge on any atom is -0.368 e. The van der Waals surface area contributed by atoms with Crippen LogP contribution in [-0.2, 0) is 14.4 Å². The summed E-state index contributed by atoms with van der Waals surface area (Å²) in [4.78, 5) is 35.8. The Kier molecular flexibility index (Phi) is 3.65. The van der Waals surface area contributed by atoms with E-state index in [1.54, 1.807) is 0 Å². The molecule has 2 aliphatic carbocycles. The molecule has 0 aromatic heterocycles. The quantitative estimate of drug-likeness (QED) is 0.674. The number of amides is 3. The van der Waals surface area contributed by atoms with E-state index >= 15 is 0 Å². The molecule has 2 saturated carbocycles. The number of hydrogen-bond donors (Lipinski definition) is 3. The van der Waals surface area contributed by atoms with Crippen molar-refractivity contribution in [2.45, 2.75) is 45.6 Å². The lowest BCUT2D eigenvalue weighted by Crippen LogP contribution is -2.48. The van der Waals surface area contributed by atoms with Crippen LogP contribution < -0.4 is 16.4 Å². The fourth-order valence-corrected chi connectivity index (χ4v) is 4.65. The van der Waals surface area contributed by atoms with E-state index in [0.717, 1.165) is 12.8 Å². The normalized spacial score (nSPS) is 36.4. The second-order valence-corrected chi connectivity index (χ2v) is 7.61. The first-order valence-electron chi connectivity index (χ1n) is 8.19. The predicted molar refractivity (Wildman–Crippen MR) is 80.3 cm³/mol. The summed E-state index contributed by atoms with van der Waals surface area (Å²) >= 11 is 0. The largest absolute Gasteiger partial charge is 0.368 e. The van der Waals surface area contributed by atoms with Crippen molar-refractivity contribution in [1.82, 2.24) is 10.6 Å². The van der Waals surface area contributed by atoms with Crippen LogP contribution in [0.1, 0.15) is 39.5 Å². The molecule has 6 heteroatoms. The van der Waals surface area contributed by atoms with E-state index in [9.17, 15) is 14.4 Å². The van der Waals surface area contributed by atoms with Crippen LogP contribution >= 0.6 is 0 Å². The van der Waals surface area contributed by atoms with Crippen molar-refractivity contribution in [2.75, 3.05) is 6.54 Å². The first kappa shape index (κ1) is 15.3. The van der Waals surface area contributed by atoms with E-state index in [1.165, 1.54) is 0 Å². The van der Waals surface area contributed by atoms with E-state index in [2.05, 4.69) is 24.5 Å². The summed E-state index contributed by atoms with van der Waals surface area (Å²) < 4.78 is 0. The van der Waals surface area contributed by atoms with Gasteiger partial charge < -0.3 is 16.4 Å². The summed E-state index contributed by atoms with van der Waals surface area (Å²) in [6.07, 6.45) is 2.97. The van der Waals surface area contributed by atoms with Crippen LogP contribution in [0, 0.1) is 29.1 Å². The molecule has 3 fully saturated rings. The fourth-order valence-electron chi connectivity index (χ4n) is 4.65. The first-order chi connectivity index (χ1) is 10.3. The zero-order valence-corrected chi connectivity index (χ0v) is 13.2. The van der Waals surface area contributed by atoms with Crippen LogP contribution in [0.25, 0.3) is 0 Å². The molecule has 1 saturated heterocycles. The van der Waals surface area contributed by atoms with Crippen molar-refractivity contribution in [3.05, 3.63) is 0 Å². The van der Waals surface area contributed by atoms with Gasteiger partial charge in [-0.2, -0.15) is 0 Å². The van der Waals surface area contributed by atoms with E-state index in [4.69, 9.17) is 5.73 Å². The summed E-state index contributed by atoms with van der Waals surface area (Å²) in [7, 11) is 0. The summed E-state index contributed by atoms with van der Waals surface area (Å²) in [6.45, 7) is 5.04. The SMILES string of the molecule is CC1(C)[C@@H]2[C@@H](C(=O)N[C@@H](C[C@@H]3CCNC3=O)C(N)=O)CC[C@@H]21. The Morgan fingerprint density at radius 1 is 1.36 bits per heavy atom. The van der Waals surface area contributed by atoms with Gasteiger partial charge in [-0.05, 0) is 42.9 Å². The number of primary amides is 1. The van der Waals surface area contributed by atoms with Gasteiger partial charge in [-0.3, -0.25) is 14.4 Å². The first-order valence-corrected chi connectivity index (χ1v) is 8.19. The minimum absolute atomic E-state index is 0.0146. The molecular weight excluding hydrogens is 282 g/mol. The maximum Gasteiger partial charge on any atom is 0.240 e. The van der Waals surface area contributed by atoms with Crippen molar-refractivity contribution in [3.8, 4) is 0 Å². The molecule has 4 N–H and O–H groups in total. The van der Waals surface area contributed by atoms with E-state index < -0.39 is 11.9 Å². The number of fused-ring (bicyclic) bond motifs is 1. The molecule has 0 radical (unpaired) electrons. The number of nitrogens with two attached hydrogens (primary N) is 1. The van der Waals surface area contributed by atoms with Crippen molar-refractivity contribution in [2.24, 2.45) is 34.8 Å². The Morgan fingerprint density at radius 2 is 2.09 bits per heavy atom. The van der Waals surface area contributed by atoms with Gasteiger partial charge in [-0.25, -0.2) is 0 Å². The topological polar surface area (TPSA) is 101 Å². The number of hydrogen-bond acceptors (Lipinski definition) is 3. The van der Waals surface area contributed by atoms with Gasteiger partial charge in [0.15, 0.2) is 0 Å². The Hall–Kier alpha value is -1.59. The van der Waals surface area contributed by atoms with Crippen molar-refractivity contribution in [1.29, 1.82) is 0 Å². The Bertz CT molecular complexity index is 517. The highest BCUT2D eigenvalue weighted by atomic mass is 16.2. The van der Waals surface area contributed by atoms with Gasteiger partial charge in [0, 0.05) is 18.4 Å². The van der Waals surface area contributed by atoms with Crippen LogP contribution in [-0.4, -0.2) is 30.3 Å². The lowest BCUT2D eigenvalue weighted by Gasteiger charge is -2.22. The Morgan fingerprint density at radius 3 is 2.59 bits per heavy atom. The molecule has 0 aromatic rings. The maximum absolute atomic E-state index is 12.5. The van der Waals surface area contributed by atoms with Gasteiger partial charge in [0.25, 0.3) is 0 Å². The molecule has 1 heterocycles. The van der Waals surface area contributed by atoms with Crippen molar-refractivity contribution >= 4 is 17.7 Å². The van der Waals surface area contributed by atoms with Gasteiger partial charge >= 0.3 is 0 Å². The third-order valence-corrected chi connectivity index (χ3v) is 6.04. The average Bonchev–Trinajstić information content (AvgIpc) is 2.85. The summed E-state index contributed by atoms with van der Waals surface area (Å²) in [5.41, 5.74) is 5.66. The fraction of sp³-hybridized carbons (Fsp3) is 0.812. The molecule has 0 unspecified atom stereocenters. The highest BCUT2D eigenvalue weighted by Crippen LogP contribution is 2.69. The monoisotopic (exact) mass is 307 g/mol. The molecule has 1 aliphatic heterocycles. The second kappa shape index (κ2) is 5.25. The van der Waals surface area contributed by atoms with Gasteiger partial charge in [0.1, 0.15) is 6.04 Å². The van der Waals surface area contributed by atoms with E-state index in [1.807, 2.05) is 0 Å². The van der Waals surface area contributed by atoms with Crippen LogP contribution in [0.3, 0.4) is 0 Å². The number of carbonyl (C=O) groups excluding carboxylic acids is 3. The van der Waals surface area contributed by atoms with Gasteiger partial charge in [-0.1, -0.05) is 13.8 Å². The van der Waals surface area contributed by atoms with Crippen molar-refractivity contribution in [3.63, 3.8) is 0 Å². The molecular formula is C16H25N3O3. The number of carbonyl (C=O) groups is 3. The molecule has 3 rings (SSSR count). The highest BCUT2D eigenvalue weighted by Gasteiger charge is 2.65. The van der Waals surface area contributed by atoms with Crippen LogP contribution in [0.5, 0.6) is 0 Å². The second-order valence-electron chi connectivity index (χ2n) is 7.61. The van der Waals surface area contributed by atoms with Gasteiger partial charge in [0.05, 0.1) is 0 Å². The molecule has 3 aliphatic rings. The van der Waals surface area contributed by atoms with E-state index in [-0.39, 0.29) is 29.1 Å². The zero-order valence-electron chi connectivity index (χ0n) is 13.2. The molecule has 22 heavy (non-hydrogen) atoms. The standard InChI is InChI=1S/C16H25N3O3/c1-16(2)10-4-3-9(12(10)16)15(22)19-11(13(17)20)7-8-5-6-18-14(8)21/h8-12H,3-7H2,1-2H3,(H2,17,20)(H,18,21)(H,19,22)/t8-,9-,10-,11-,12+/m0/s1.